The summed E-state index contributed by atoms with van der Waals surface area (Å²) in [7, 11) is 0. The van der Waals surface area contributed by atoms with E-state index in [1.165, 1.54) is 49.8 Å². The molecular formula is C16H25N3S. The lowest BCUT2D eigenvalue weighted by atomic mass is 10.2. The Morgan fingerprint density at radius 2 is 1.90 bits per heavy atom. The first-order chi connectivity index (χ1) is 9.92. The third kappa shape index (κ3) is 3.90. The van der Waals surface area contributed by atoms with Crippen molar-refractivity contribution in [2.75, 3.05) is 55.7 Å². The predicted molar refractivity (Wildman–Crippen MR) is 88.8 cm³/mol. The maximum atomic E-state index is 3.64. The number of nitrogens with zero attached hydrogens (tertiary/aromatic N) is 2. The van der Waals surface area contributed by atoms with Crippen LogP contribution in [0.15, 0.2) is 30.3 Å². The van der Waals surface area contributed by atoms with Gasteiger partial charge in [-0.3, -0.25) is 4.90 Å². The lowest BCUT2D eigenvalue weighted by molar-refractivity contribution is 0.245. The van der Waals surface area contributed by atoms with Gasteiger partial charge in [0.1, 0.15) is 0 Å². The van der Waals surface area contributed by atoms with E-state index in [4.69, 9.17) is 0 Å². The normalized spacial score (nSPS) is 24.8. The minimum atomic E-state index is 0.737. The molecule has 3 rings (SSSR count). The maximum Gasteiger partial charge on any atom is 0.0367 e. The van der Waals surface area contributed by atoms with Crippen molar-refractivity contribution in [1.82, 2.24) is 10.2 Å². The van der Waals surface area contributed by atoms with Gasteiger partial charge in [-0.1, -0.05) is 18.2 Å². The summed E-state index contributed by atoms with van der Waals surface area (Å²) in [6, 6.07) is 11.5. The number of piperazine rings is 1. The monoisotopic (exact) mass is 291 g/mol. The Hall–Kier alpha value is -0.710. The maximum absolute atomic E-state index is 3.64. The van der Waals surface area contributed by atoms with Crippen LogP contribution in [0.3, 0.4) is 0 Å². The standard InChI is InChI=1S/C16H25N3S/c1-2-4-16(5-3-1)19-11-9-18(10-12-19)8-6-15-14-20-13-7-17-15/h1-5,15,17H,6-14H2. The number of anilines is 1. The van der Waals surface area contributed by atoms with E-state index >= 15 is 0 Å². The van der Waals surface area contributed by atoms with Gasteiger partial charge in [0.05, 0.1) is 0 Å². The minimum Gasteiger partial charge on any atom is -0.369 e. The van der Waals surface area contributed by atoms with Gasteiger partial charge in [0.15, 0.2) is 0 Å². The molecule has 2 heterocycles. The van der Waals surface area contributed by atoms with E-state index in [-0.39, 0.29) is 0 Å². The molecule has 1 aromatic carbocycles. The van der Waals surface area contributed by atoms with Crippen molar-refractivity contribution in [3.05, 3.63) is 30.3 Å². The molecule has 2 saturated heterocycles. The van der Waals surface area contributed by atoms with Gasteiger partial charge in [0.2, 0.25) is 0 Å². The second-order valence-electron chi connectivity index (χ2n) is 5.68. The molecule has 0 radical (unpaired) electrons. The van der Waals surface area contributed by atoms with Crippen molar-refractivity contribution in [3.8, 4) is 0 Å². The minimum absolute atomic E-state index is 0.737. The third-order valence-electron chi connectivity index (χ3n) is 4.29. The van der Waals surface area contributed by atoms with Crippen molar-refractivity contribution < 1.29 is 0 Å². The molecule has 1 aromatic rings. The van der Waals surface area contributed by atoms with Crippen molar-refractivity contribution in [3.63, 3.8) is 0 Å². The molecule has 110 valence electrons. The quantitative estimate of drug-likeness (QED) is 0.913. The van der Waals surface area contributed by atoms with Crippen LogP contribution in [-0.2, 0) is 0 Å². The molecule has 3 nitrogen and oxygen atoms in total. The summed E-state index contributed by atoms with van der Waals surface area (Å²) in [5.74, 6) is 2.58. The molecule has 1 atom stereocenters. The topological polar surface area (TPSA) is 18.5 Å². The van der Waals surface area contributed by atoms with Gasteiger partial charge in [-0.2, -0.15) is 11.8 Å². The number of rotatable bonds is 4. The van der Waals surface area contributed by atoms with E-state index in [0.29, 0.717) is 0 Å². The van der Waals surface area contributed by atoms with Gasteiger partial charge < -0.3 is 10.2 Å². The van der Waals surface area contributed by atoms with Crippen LogP contribution in [0.2, 0.25) is 0 Å². The Balaban J connectivity index is 1.40. The molecule has 1 unspecified atom stereocenters. The van der Waals surface area contributed by atoms with Crippen molar-refractivity contribution in [2.45, 2.75) is 12.5 Å². The molecule has 20 heavy (non-hydrogen) atoms. The highest BCUT2D eigenvalue weighted by Gasteiger charge is 2.19. The van der Waals surface area contributed by atoms with Gasteiger partial charge in [-0.15, -0.1) is 0 Å². The fourth-order valence-electron chi connectivity index (χ4n) is 3.01. The highest BCUT2D eigenvalue weighted by atomic mass is 32.2. The van der Waals surface area contributed by atoms with Crippen LogP contribution in [-0.4, -0.2) is 61.7 Å². The zero-order valence-electron chi connectivity index (χ0n) is 12.1. The van der Waals surface area contributed by atoms with E-state index in [2.05, 4.69) is 57.2 Å². The number of para-hydroxylation sites is 1. The van der Waals surface area contributed by atoms with Gasteiger partial charge in [0, 0.05) is 56.0 Å². The molecule has 2 aliphatic rings. The largest absolute Gasteiger partial charge is 0.369 e. The predicted octanol–water partition coefficient (Wildman–Crippen LogP) is 1.90. The molecule has 4 heteroatoms. The summed E-state index contributed by atoms with van der Waals surface area (Å²) in [6.45, 7) is 7.18. The van der Waals surface area contributed by atoms with Crippen LogP contribution in [0.1, 0.15) is 6.42 Å². The number of hydrogen-bond donors (Lipinski definition) is 1. The molecule has 0 aromatic heterocycles. The lowest BCUT2D eigenvalue weighted by Crippen LogP contribution is -2.48. The summed E-state index contributed by atoms with van der Waals surface area (Å²) in [5.41, 5.74) is 1.37. The number of benzene rings is 1. The van der Waals surface area contributed by atoms with Gasteiger partial charge in [-0.25, -0.2) is 0 Å². The molecule has 0 bridgehead atoms. The third-order valence-corrected chi connectivity index (χ3v) is 5.42. The van der Waals surface area contributed by atoms with Crippen LogP contribution < -0.4 is 10.2 Å². The van der Waals surface area contributed by atoms with E-state index in [1.54, 1.807) is 0 Å². The summed E-state index contributed by atoms with van der Waals surface area (Å²) < 4.78 is 0. The molecule has 2 aliphatic heterocycles. The fourth-order valence-corrected chi connectivity index (χ4v) is 4.01. The Kier molecular flexibility index (Phi) is 5.23. The van der Waals surface area contributed by atoms with Crippen molar-refractivity contribution in [1.29, 1.82) is 0 Å². The van der Waals surface area contributed by atoms with Crippen LogP contribution >= 0.6 is 11.8 Å². The first kappa shape index (κ1) is 14.2. The number of hydrogen-bond acceptors (Lipinski definition) is 4. The highest BCUT2D eigenvalue weighted by Crippen LogP contribution is 2.16. The Morgan fingerprint density at radius 1 is 1.10 bits per heavy atom. The zero-order valence-corrected chi connectivity index (χ0v) is 12.9. The van der Waals surface area contributed by atoms with Crippen LogP contribution in [0.5, 0.6) is 0 Å². The molecular weight excluding hydrogens is 266 g/mol. The highest BCUT2D eigenvalue weighted by molar-refractivity contribution is 7.99. The van der Waals surface area contributed by atoms with E-state index in [9.17, 15) is 0 Å². The number of nitrogens with one attached hydrogen (secondary N) is 1. The average Bonchev–Trinajstić information content (AvgIpc) is 2.55. The Bertz CT molecular complexity index is 384. The van der Waals surface area contributed by atoms with E-state index in [0.717, 1.165) is 19.1 Å². The molecule has 2 fully saturated rings. The van der Waals surface area contributed by atoms with Crippen LogP contribution in [0.4, 0.5) is 5.69 Å². The molecule has 0 saturated carbocycles. The first-order valence-corrected chi connectivity index (χ1v) is 8.91. The average molecular weight is 291 g/mol. The van der Waals surface area contributed by atoms with Crippen molar-refractivity contribution >= 4 is 17.4 Å². The fraction of sp³-hybridized carbons (Fsp3) is 0.625. The van der Waals surface area contributed by atoms with Gasteiger partial charge in [0.25, 0.3) is 0 Å². The van der Waals surface area contributed by atoms with Crippen LogP contribution in [0, 0.1) is 0 Å². The van der Waals surface area contributed by atoms with Crippen molar-refractivity contribution in [2.24, 2.45) is 0 Å². The van der Waals surface area contributed by atoms with E-state index < -0.39 is 0 Å². The Labute approximate surface area is 126 Å². The molecule has 1 N–H and O–H groups in total. The molecule has 0 amide bonds. The van der Waals surface area contributed by atoms with E-state index in [1.807, 2.05) is 0 Å². The van der Waals surface area contributed by atoms with Gasteiger partial charge in [-0.05, 0) is 25.1 Å². The first-order valence-electron chi connectivity index (χ1n) is 7.75. The van der Waals surface area contributed by atoms with Gasteiger partial charge >= 0.3 is 0 Å². The Morgan fingerprint density at radius 3 is 2.60 bits per heavy atom. The zero-order chi connectivity index (χ0) is 13.6. The molecule has 0 spiro atoms. The summed E-state index contributed by atoms with van der Waals surface area (Å²) >= 11 is 2.10. The lowest BCUT2D eigenvalue weighted by Gasteiger charge is -2.37. The smallest absolute Gasteiger partial charge is 0.0367 e. The molecule has 0 aliphatic carbocycles. The summed E-state index contributed by atoms with van der Waals surface area (Å²) in [4.78, 5) is 5.13. The SMILES string of the molecule is c1ccc(N2CCN(CCC3CSCCN3)CC2)cc1. The number of thioether (sulfide) groups is 1. The summed E-state index contributed by atoms with van der Waals surface area (Å²) in [6.07, 6.45) is 1.30. The second kappa shape index (κ2) is 7.34. The van der Waals surface area contributed by atoms with Crippen LogP contribution in [0.25, 0.3) is 0 Å². The second-order valence-corrected chi connectivity index (χ2v) is 6.83. The summed E-state index contributed by atoms with van der Waals surface area (Å²) in [5, 5.41) is 3.64.